The van der Waals surface area contributed by atoms with E-state index in [1.165, 1.54) is 51.5 Å². The molecule has 0 aromatic heterocycles. The van der Waals surface area contributed by atoms with Crippen molar-refractivity contribution in [2.24, 2.45) is 16.7 Å². The molecule has 0 heterocycles. The predicted octanol–water partition coefficient (Wildman–Crippen LogP) is 4.37. The molecule has 0 aromatic rings. The average Bonchev–Trinajstić information content (AvgIpc) is 2.90. The van der Waals surface area contributed by atoms with Gasteiger partial charge in [0.25, 0.3) is 0 Å². The Morgan fingerprint density at radius 1 is 1.00 bits per heavy atom. The molecule has 0 saturated heterocycles. The van der Waals surface area contributed by atoms with Crippen molar-refractivity contribution in [2.75, 3.05) is 6.54 Å². The first-order valence-electron chi connectivity index (χ1n) is 7.60. The van der Waals surface area contributed by atoms with E-state index in [0.717, 1.165) is 12.0 Å². The van der Waals surface area contributed by atoms with Crippen LogP contribution in [0.4, 0.5) is 0 Å². The molecule has 0 unspecified atom stereocenters. The Balaban J connectivity index is 1.71. The van der Waals surface area contributed by atoms with Crippen LogP contribution in [0.15, 0.2) is 0 Å². The van der Waals surface area contributed by atoms with Crippen molar-refractivity contribution in [1.82, 2.24) is 5.32 Å². The van der Waals surface area contributed by atoms with E-state index in [2.05, 4.69) is 33.0 Å². The second-order valence-electron chi connectivity index (χ2n) is 8.15. The van der Waals surface area contributed by atoms with Gasteiger partial charge in [-0.25, -0.2) is 0 Å². The highest BCUT2D eigenvalue weighted by Gasteiger charge is 2.38. The van der Waals surface area contributed by atoms with Crippen LogP contribution in [0.25, 0.3) is 0 Å². The summed E-state index contributed by atoms with van der Waals surface area (Å²) in [5.74, 6) is 1.09. The summed E-state index contributed by atoms with van der Waals surface area (Å²) in [5, 5.41) is 3.82. The molecule has 1 N–H and O–H groups in total. The van der Waals surface area contributed by atoms with Gasteiger partial charge in [0.2, 0.25) is 0 Å². The zero-order valence-electron chi connectivity index (χ0n) is 12.3. The van der Waals surface area contributed by atoms with Gasteiger partial charge in [0, 0.05) is 6.04 Å². The van der Waals surface area contributed by atoms with Crippen LogP contribution >= 0.6 is 0 Å². The molecular weight excluding hydrogens is 206 g/mol. The van der Waals surface area contributed by atoms with Crippen LogP contribution in [-0.4, -0.2) is 12.6 Å². The quantitative estimate of drug-likeness (QED) is 0.700. The van der Waals surface area contributed by atoms with E-state index in [-0.39, 0.29) is 0 Å². The summed E-state index contributed by atoms with van der Waals surface area (Å²) in [6.07, 6.45) is 9.96. The Hall–Kier alpha value is -0.0400. The predicted molar refractivity (Wildman–Crippen MR) is 75.2 cm³/mol. The Morgan fingerprint density at radius 3 is 2.12 bits per heavy atom. The molecule has 0 aliphatic heterocycles. The smallest absolute Gasteiger partial charge is 0.00772 e. The fourth-order valence-electron chi connectivity index (χ4n) is 4.09. The largest absolute Gasteiger partial charge is 0.314 e. The van der Waals surface area contributed by atoms with Crippen LogP contribution in [0.1, 0.15) is 72.6 Å². The van der Waals surface area contributed by atoms with Gasteiger partial charge in [-0.15, -0.1) is 0 Å². The molecule has 2 aliphatic rings. The lowest BCUT2D eigenvalue weighted by atomic mass is 9.63. The Bertz CT molecular complexity index is 234. The van der Waals surface area contributed by atoms with E-state index in [0.29, 0.717) is 10.8 Å². The van der Waals surface area contributed by atoms with Gasteiger partial charge in [0.15, 0.2) is 0 Å². The van der Waals surface area contributed by atoms with Crippen LogP contribution in [-0.2, 0) is 0 Å². The van der Waals surface area contributed by atoms with Crippen molar-refractivity contribution in [2.45, 2.75) is 78.7 Å². The van der Waals surface area contributed by atoms with Crippen molar-refractivity contribution in [1.29, 1.82) is 0 Å². The monoisotopic (exact) mass is 237 g/mol. The van der Waals surface area contributed by atoms with Crippen molar-refractivity contribution in [3.8, 4) is 0 Å². The maximum atomic E-state index is 3.82. The Kier molecular flexibility index (Phi) is 3.87. The van der Waals surface area contributed by atoms with Crippen molar-refractivity contribution >= 4 is 0 Å². The summed E-state index contributed by atoms with van der Waals surface area (Å²) in [6.45, 7) is 11.0. The normalized spacial score (nSPS) is 28.2. The highest BCUT2D eigenvalue weighted by Crippen LogP contribution is 2.45. The molecule has 2 saturated carbocycles. The summed E-state index contributed by atoms with van der Waals surface area (Å²) in [5.41, 5.74) is 1.05. The van der Waals surface area contributed by atoms with E-state index in [1.54, 1.807) is 0 Å². The van der Waals surface area contributed by atoms with Crippen molar-refractivity contribution in [3.63, 3.8) is 0 Å². The van der Waals surface area contributed by atoms with Gasteiger partial charge in [-0.05, 0) is 55.4 Å². The maximum Gasteiger partial charge on any atom is 0.00772 e. The average molecular weight is 237 g/mol. The summed E-state index contributed by atoms with van der Waals surface area (Å²) in [7, 11) is 0. The second kappa shape index (κ2) is 4.91. The number of rotatable bonds is 5. The van der Waals surface area contributed by atoms with Gasteiger partial charge in [-0.1, -0.05) is 40.5 Å². The molecule has 0 aromatic carbocycles. The zero-order valence-corrected chi connectivity index (χ0v) is 12.3. The van der Waals surface area contributed by atoms with Crippen LogP contribution in [0.5, 0.6) is 0 Å². The fourth-order valence-corrected chi connectivity index (χ4v) is 4.09. The number of hydrogen-bond acceptors (Lipinski definition) is 1. The van der Waals surface area contributed by atoms with Crippen LogP contribution in [0.3, 0.4) is 0 Å². The molecule has 2 aliphatic carbocycles. The lowest BCUT2D eigenvalue weighted by Gasteiger charge is -2.45. The molecule has 2 fully saturated rings. The summed E-state index contributed by atoms with van der Waals surface area (Å²) in [6, 6.07) is 0.757. The molecular formula is C16H31N. The lowest BCUT2D eigenvalue weighted by Crippen LogP contribution is -2.44. The van der Waals surface area contributed by atoms with Crippen LogP contribution in [0.2, 0.25) is 0 Å². The van der Waals surface area contributed by atoms with Gasteiger partial charge in [0.1, 0.15) is 0 Å². The van der Waals surface area contributed by atoms with Crippen molar-refractivity contribution in [3.05, 3.63) is 0 Å². The molecule has 2 rings (SSSR count). The molecule has 0 spiro atoms. The van der Waals surface area contributed by atoms with Gasteiger partial charge >= 0.3 is 0 Å². The van der Waals surface area contributed by atoms with E-state index >= 15 is 0 Å². The molecule has 0 atom stereocenters. The number of nitrogens with one attached hydrogen (secondary N) is 1. The SMILES string of the molecule is CC1(C)CC(NCCCC2CC2)CC(C)(C)C1. The minimum absolute atomic E-state index is 0.524. The summed E-state index contributed by atoms with van der Waals surface area (Å²) >= 11 is 0. The highest BCUT2D eigenvalue weighted by atomic mass is 14.9. The van der Waals surface area contributed by atoms with E-state index in [4.69, 9.17) is 0 Å². The Labute approximate surface area is 108 Å². The van der Waals surface area contributed by atoms with E-state index in [9.17, 15) is 0 Å². The van der Waals surface area contributed by atoms with Gasteiger partial charge in [0.05, 0.1) is 0 Å². The first kappa shape index (κ1) is 13.4. The third-order valence-electron chi connectivity index (χ3n) is 4.47. The zero-order chi connectivity index (χ0) is 12.5. The third-order valence-corrected chi connectivity index (χ3v) is 4.47. The molecule has 0 amide bonds. The minimum atomic E-state index is 0.524. The molecule has 0 bridgehead atoms. The highest BCUT2D eigenvalue weighted by molar-refractivity contribution is 4.92. The fraction of sp³-hybridized carbons (Fsp3) is 1.00. The topological polar surface area (TPSA) is 12.0 Å². The van der Waals surface area contributed by atoms with E-state index < -0.39 is 0 Å². The van der Waals surface area contributed by atoms with Crippen molar-refractivity contribution < 1.29 is 0 Å². The van der Waals surface area contributed by atoms with Crippen LogP contribution < -0.4 is 5.32 Å². The molecule has 1 nitrogen and oxygen atoms in total. The van der Waals surface area contributed by atoms with Gasteiger partial charge in [-0.2, -0.15) is 0 Å². The Morgan fingerprint density at radius 2 is 1.59 bits per heavy atom. The summed E-state index contributed by atoms with van der Waals surface area (Å²) < 4.78 is 0. The second-order valence-corrected chi connectivity index (χ2v) is 8.15. The standard InChI is InChI=1S/C16H31N/c1-15(2)10-14(11-16(3,4)12-15)17-9-5-6-13-7-8-13/h13-14,17H,5-12H2,1-4H3. The number of hydrogen-bond donors (Lipinski definition) is 1. The molecule has 0 radical (unpaired) electrons. The van der Waals surface area contributed by atoms with Crippen LogP contribution in [0, 0.1) is 16.7 Å². The first-order valence-corrected chi connectivity index (χ1v) is 7.60. The van der Waals surface area contributed by atoms with E-state index in [1.807, 2.05) is 0 Å². The van der Waals surface area contributed by atoms with Gasteiger partial charge < -0.3 is 5.32 Å². The molecule has 1 heteroatoms. The lowest BCUT2D eigenvalue weighted by molar-refractivity contribution is 0.0850. The minimum Gasteiger partial charge on any atom is -0.314 e. The van der Waals surface area contributed by atoms with Gasteiger partial charge in [-0.3, -0.25) is 0 Å². The maximum absolute atomic E-state index is 3.82. The summed E-state index contributed by atoms with van der Waals surface area (Å²) in [4.78, 5) is 0. The first-order chi connectivity index (χ1) is 7.86. The third kappa shape index (κ3) is 4.62. The molecule has 17 heavy (non-hydrogen) atoms. The molecule has 100 valence electrons.